The number of hydrogen-bond donors (Lipinski definition) is 1. The van der Waals surface area contributed by atoms with E-state index in [-0.39, 0.29) is 11.9 Å². The summed E-state index contributed by atoms with van der Waals surface area (Å²) in [5.41, 5.74) is 1.20. The molecular weight excluding hydrogens is 234 g/mol. The summed E-state index contributed by atoms with van der Waals surface area (Å²) in [4.78, 5) is 23.3. The summed E-state index contributed by atoms with van der Waals surface area (Å²) in [5, 5.41) is 2.73. The molecule has 0 aromatic heterocycles. The molecule has 1 heterocycles. The van der Waals surface area contributed by atoms with Crippen LogP contribution in [-0.2, 0) is 9.53 Å². The molecule has 5 nitrogen and oxygen atoms in total. The molecule has 96 valence electrons. The first kappa shape index (κ1) is 12.4. The molecule has 1 aromatic rings. The fourth-order valence-corrected chi connectivity index (χ4v) is 1.85. The Hall–Kier alpha value is -2.04. The normalized spacial score (nSPS) is 15.8. The van der Waals surface area contributed by atoms with Crippen molar-refractivity contribution in [3.05, 3.63) is 29.3 Å². The fourth-order valence-electron chi connectivity index (χ4n) is 1.85. The standard InChI is InChI=1S/C13H15NO4/c1-8(13(16)17-2)9-3-4-11-10(7-9)12(15)14-5-6-18-11/h3-4,7-8H,5-6H2,1-2H3,(H,14,15). The van der Waals surface area contributed by atoms with Crippen LogP contribution in [0, 0.1) is 0 Å². The monoisotopic (exact) mass is 249 g/mol. The number of esters is 1. The van der Waals surface area contributed by atoms with E-state index < -0.39 is 5.92 Å². The van der Waals surface area contributed by atoms with E-state index in [0.29, 0.717) is 24.5 Å². The number of carbonyl (C=O) groups is 2. The van der Waals surface area contributed by atoms with Crippen LogP contribution in [0.5, 0.6) is 5.75 Å². The Morgan fingerprint density at radius 3 is 3.00 bits per heavy atom. The summed E-state index contributed by atoms with van der Waals surface area (Å²) in [7, 11) is 1.35. The summed E-state index contributed by atoms with van der Waals surface area (Å²) < 4.78 is 10.1. The minimum Gasteiger partial charge on any atom is -0.491 e. The molecule has 1 amide bonds. The summed E-state index contributed by atoms with van der Waals surface area (Å²) in [6.45, 7) is 2.67. The van der Waals surface area contributed by atoms with Crippen LogP contribution in [0.2, 0.25) is 0 Å². The molecule has 1 N–H and O–H groups in total. The van der Waals surface area contributed by atoms with E-state index in [0.717, 1.165) is 5.56 Å². The number of amides is 1. The Balaban J connectivity index is 2.36. The molecule has 0 saturated heterocycles. The molecular formula is C13H15NO4. The van der Waals surface area contributed by atoms with Crippen LogP contribution in [-0.4, -0.2) is 32.1 Å². The fraction of sp³-hybridized carbons (Fsp3) is 0.385. The number of rotatable bonds is 2. The Morgan fingerprint density at radius 2 is 2.28 bits per heavy atom. The topological polar surface area (TPSA) is 64.6 Å². The lowest BCUT2D eigenvalue weighted by atomic mass is 9.98. The number of carbonyl (C=O) groups excluding carboxylic acids is 2. The predicted octanol–water partition coefficient (Wildman–Crippen LogP) is 1.09. The minimum atomic E-state index is -0.406. The van der Waals surface area contributed by atoms with Crippen molar-refractivity contribution in [2.24, 2.45) is 0 Å². The van der Waals surface area contributed by atoms with Gasteiger partial charge in [0.1, 0.15) is 12.4 Å². The number of fused-ring (bicyclic) bond motifs is 1. The van der Waals surface area contributed by atoms with Gasteiger partial charge in [-0.3, -0.25) is 9.59 Å². The highest BCUT2D eigenvalue weighted by atomic mass is 16.5. The number of methoxy groups -OCH3 is 1. The van der Waals surface area contributed by atoms with Gasteiger partial charge in [0.25, 0.3) is 5.91 Å². The van der Waals surface area contributed by atoms with Crippen LogP contribution >= 0.6 is 0 Å². The van der Waals surface area contributed by atoms with Gasteiger partial charge < -0.3 is 14.8 Å². The SMILES string of the molecule is COC(=O)C(C)c1ccc2c(c1)C(=O)NCCO2. The third kappa shape index (κ3) is 2.30. The molecule has 1 aliphatic rings. The largest absolute Gasteiger partial charge is 0.491 e. The summed E-state index contributed by atoms with van der Waals surface area (Å²) in [6.07, 6.45) is 0. The molecule has 0 aliphatic carbocycles. The average Bonchev–Trinajstić information content (AvgIpc) is 2.59. The van der Waals surface area contributed by atoms with Crippen LogP contribution in [0.1, 0.15) is 28.8 Å². The van der Waals surface area contributed by atoms with Crippen molar-refractivity contribution in [2.75, 3.05) is 20.3 Å². The summed E-state index contributed by atoms with van der Waals surface area (Å²) in [5.74, 6) is -0.367. The summed E-state index contributed by atoms with van der Waals surface area (Å²) >= 11 is 0. The molecule has 1 atom stereocenters. The molecule has 1 aromatic carbocycles. The van der Waals surface area contributed by atoms with Crippen LogP contribution in [0.15, 0.2) is 18.2 Å². The first-order valence-electron chi connectivity index (χ1n) is 5.76. The first-order chi connectivity index (χ1) is 8.63. The van der Waals surface area contributed by atoms with Gasteiger partial charge >= 0.3 is 5.97 Å². The maximum absolute atomic E-state index is 11.8. The molecule has 0 radical (unpaired) electrons. The lowest BCUT2D eigenvalue weighted by molar-refractivity contribution is -0.141. The van der Waals surface area contributed by atoms with Gasteiger partial charge in [-0.05, 0) is 24.6 Å². The molecule has 2 rings (SSSR count). The van der Waals surface area contributed by atoms with Crippen LogP contribution in [0.3, 0.4) is 0 Å². The third-order valence-electron chi connectivity index (χ3n) is 2.95. The average molecular weight is 249 g/mol. The van der Waals surface area contributed by atoms with E-state index in [2.05, 4.69) is 5.32 Å². The zero-order chi connectivity index (χ0) is 13.1. The Bertz CT molecular complexity index is 484. The maximum Gasteiger partial charge on any atom is 0.312 e. The second kappa shape index (κ2) is 5.08. The van der Waals surface area contributed by atoms with E-state index in [4.69, 9.17) is 9.47 Å². The Kier molecular flexibility index (Phi) is 3.50. The van der Waals surface area contributed by atoms with Crippen molar-refractivity contribution in [1.29, 1.82) is 0 Å². The minimum absolute atomic E-state index is 0.179. The lowest BCUT2D eigenvalue weighted by Gasteiger charge is -2.12. The van der Waals surface area contributed by atoms with Crippen molar-refractivity contribution >= 4 is 11.9 Å². The van der Waals surface area contributed by atoms with E-state index >= 15 is 0 Å². The van der Waals surface area contributed by atoms with Gasteiger partial charge in [-0.1, -0.05) is 6.07 Å². The molecule has 5 heteroatoms. The lowest BCUT2D eigenvalue weighted by Crippen LogP contribution is -2.24. The van der Waals surface area contributed by atoms with E-state index in [1.807, 2.05) is 0 Å². The molecule has 1 aliphatic heterocycles. The number of hydrogen-bond acceptors (Lipinski definition) is 4. The van der Waals surface area contributed by atoms with Crippen LogP contribution < -0.4 is 10.1 Å². The van der Waals surface area contributed by atoms with Crippen LogP contribution in [0.4, 0.5) is 0 Å². The van der Waals surface area contributed by atoms with Crippen molar-refractivity contribution < 1.29 is 19.1 Å². The van der Waals surface area contributed by atoms with Gasteiger partial charge in [0.15, 0.2) is 0 Å². The molecule has 18 heavy (non-hydrogen) atoms. The maximum atomic E-state index is 11.8. The van der Waals surface area contributed by atoms with Gasteiger partial charge in [-0.2, -0.15) is 0 Å². The highest BCUT2D eigenvalue weighted by Crippen LogP contribution is 2.26. The third-order valence-corrected chi connectivity index (χ3v) is 2.95. The van der Waals surface area contributed by atoms with Gasteiger partial charge in [-0.25, -0.2) is 0 Å². The Labute approximate surface area is 105 Å². The first-order valence-corrected chi connectivity index (χ1v) is 5.76. The van der Waals surface area contributed by atoms with Crippen LogP contribution in [0.25, 0.3) is 0 Å². The Morgan fingerprint density at radius 1 is 1.50 bits per heavy atom. The van der Waals surface area contributed by atoms with Crippen molar-refractivity contribution in [1.82, 2.24) is 5.32 Å². The van der Waals surface area contributed by atoms with E-state index in [1.165, 1.54) is 7.11 Å². The molecule has 0 bridgehead atoms. The molecule has 0 saturated carbocycles. The molecule has 0 spiro atoms. The molecule has 0 fully saturated rings. The van der Waals surface area contributed by atoms with Gasteiger partial charge in [0, 0.05) is 0 Å². The van der Waals surface area contributed by atoms with Crippen molar-refractivity contribution in [2.45, 2.75) is 12.8 Å². The predicted molar refractivity (Wildman–Crippen MR) is 64.7 cm³/mol. The smallest absolute Gasteiger partial charge is 0.312 e. The second-order valence-electron chi connectivity index (χ2n) is 4.10. The van der Waals surface area contributed by atoms with Crippen molar-refractivity contribution in [3.8, 4) is 5.75 Å². The highest BCUT2D eigenvalue weighted by molar-refractivity contribution is 5.97. The van der Waals surface area contributed by atoms with Gasteiger partial charge in [0.05, 0.1) is 25.1 Å². The van der Waals surface area contributed by atoms with E-state index in [1.54, 1.807) is 25.1 Å². The van der Waals surface area contributed by atoms with Gasteiger partial charge in [-0.15, -0.1) is 0 Å². The zero-order valence-electron chi connectivity index (χ0n) is 10.4. The van der Waals surface area contributed by atoms with E-state index in [9.17, 15) is 9.59 Å². The molecule has 1 unspecified atom stereocenters. The summed E-state index contributed by atoms with van der Waals surface area (Å²) in [6, 6.07) is 5.17. The second-order valence-corrected chi connectivity index (χ2v) is 4.10. The highest BCUT2D eigenvalue weighted by Gasteiger charge is 2.21. The van der Waals surface area contributed by atoms with Crippen molar-refractivity contribution in [3.63, 3.8) is 0 Å². The number of ether oxygens (including phenoxy) is 2. The zero-order valence-corrected chi connectivity index (χ0v) is 10.4. The number of benzene rings is 1. The number of nitrogens with one attached hydrogen (secondary N) is 1. The quantitative estimate of drug-likeness (QED) is 0.797. The van der Waals surface area contributed by atoms with Gasteiger partial charge in [0.2, 0.25) is 0 Å².